The van der Waals surface area contributed by atoms with Crippen LogP contribution < -0.4 is 4.90 Å². The molecule has 66 heavy (non-hydrogen) atoms. The first-order valence-electron chi connectivity index (χ1n) is 23.2. The van der Waals surface area contributed by atoms with Gasteiger partial charge in [0, 0.05) is 32.9 Å². The van der Waals surface area contributed by atoms with Crippen molar-refractivity contribution in [3.05, 3.63) is 235 Å². The molecule has 1 heterocycles. The molecule has 0 unspecified atom stereocenters. The second-order valence-corrected chi connectivity index (χ2v) is 19.2. The average Bonchev–Trinajstić information content (AvgIpc) is 3.95. The zero-order chi connectivity index (χ0) is 44.3. The van der Waals surface area contributed by atoms with Crippen molar-refractivity contribution in [2.75, 3.05) is 4.90 Å². The molecule has 10 aromatic carbocycles. The molecule has 0 amide bonds. The van der Waals surface area contributed by atoms with Gasteiger partial charge >= 0.3 is 0 Å². The van der Waals surface area contributed by atoms with Crippen LogP contribution in [0.15, 0.2) is 217 Å². The first-order valence-corrected chi connectivity index (χ1v) is 23.2. The van der Waals surface area contributed by atoms with Gasteiger partial charge in [-0.3, -0.25) is 0 Å². The second kappa shape index (κ2) is 14.3. The molecule has 0 fully saturated rings. The van der Waals surface area contributed by atoms with Gasteiger partial charge in [-0.2, -0.15) is 0 Å². The van der Waals surface area contributed by atoms with Crippen LogP contribution in [0.2, 0.25) is 0 Å². The fourth-order valence-corrected chi connectivity index (χ4v) is 11.7. The van der Waals surface area contributed by atoms with Gasteiger partial charge in [0.1, 0.15) is 11.2 Å². The van der Waals surface area contributed by atoms with Crippen molar-refractivity contribution >= 4 is 49.8 Å². The quantitative estimate of drug-likeness (QED) is 0.166. The van der Waals surface area contributed by atoms with Crippen LogP contribution >= 0.6 is 0 Å². The van der Waals surface area contributed by atoms with E-state index in [1.165, 1.54) is 83.3 Å². The van der Waals surface area contributed by atoms with Crippen LogP contribution in [0.1, 0.15) is 49.9 Å². The van der Waals surface area contributed by atoms with Crippen LogP contribution in [-0.2, 0) is 10.8 Å². The second-order valence-electron chi connectivity index (χ2n) is 19.2. The van der Waals surface area contributed by atoms with Gasteiger partial charge in [-0.05, 0) is 120 Å². The van der Waals surface area contributed by atoms with Crippen molar-refractivity contribution in [3.63, 3.8) is 0 Å². The number of hydrogen-bond donors (Lipinski definition) is 0. The molecular weight excluding hydrogens is 799 g/mol. The zero-order valence-corrected chi connectivity index (χ0v) is 37.6. The van der Waals surface area contributed by atoms with E-state index >= 15 is 0 Å². The lowest BCUT2D eigenvalue weighted by atomic mass is 9.78. The molecule has 0 saturated carbocycles. The lowest BCUT2D eigenvalue weighted by Gasteiger charge is -2.29. The highest BCUT2D eigenvalue weighted by Crippen LogP contribution is 2.54. The van der Waals surface area contributed by atoms with E-state index in [9.17, 15) is 0 Å². The number of hydrogen-bond acceptors (Lipinski definition) is 2. The molecule has 0 spiro atoms. The minimum atomic E-state index is -0.128. The molecule has 0 aliphatic heterocycles. The molecule has 1 aromatic heterocycles. The van der Waals surface area contributed by atoms with E-state index in [0.717, 1.165) is 44.4 Å². The summed E-state index contributed by atoms with van der Waals surface area (Å²) < 4.78 is 6.82. The summed E-state index contributed by atoms with van der Waals surface area (Å²) in [5.41, 5.74) is 22.9. The Kier molecular flexibility index (Phi) is 8.33. The number of anilines is 3. The van der Waals surface area contributed by atoms with E-state index in [0.29, 0.717) is 0 Å². The van der Waals surface area contributed by atoms with E-state index in [2.05, 4.69) is 245 Å². The van der Waals surface area contributed by atoms with Crippen molar-refractivity contribution in [1.29, 1.82) is 0 Å². The lowest BCUT2D eigenvalue weighted by molar-refractivity contribution is 0.660. The smallest absolute Gasteiger partial charge is 0.143 e. The Labute approximate surface area is 386 Å². The summed E-state index contributed by atoms with van der Waals surface area (Å²) in [6.45, 7) is 9.47. The number of rotatable bonds is 6. The lowest BCUT2D eigenvalue weighted by Crippen LogP contribution is -2.16. The first kappa shape index (κ1) is 38.5. The molecule has 0 bridgehead atoms. The number of nitrogens with zero attached hydrogens (tertiary/aromatic N) is 1. The topological polar surface area (TPSA) is 16.4 Å². The normalized spacial score (nSPS) is 14.0. The Morgan fingerprint density at radius 3 is 1.71 bits per heavy atom. The highest BCUT2D eigenvalue weighted by Gasteiger charge is 2.38. The van der Waals surface area contributed by atoms with Crippen LogP contribution in [0.3, 0.4) is 0 Å². The minimum Gasteiger partial charge on any atom is -0.455 e. The van der Waals surface area contributed by atoms with Crippen molar-refractivity contribution in [2.24, 2.45) is 0 Å². The predicted octanol–water partition coefficient (Wildman–Crippen LogP) is 17.8. The SMILES string of the molecule is CC1(C)c2ccccc2-c2ccc(-c3ccccc3N(c3ccc(-c4ccccc4-c4cccc5c4C(C)(C)c4ccccc4-5)cc3)c3cccc4oc5c6ccccc6ccc5c34)cc21. The van der Waals surface area contributed by atoms with Gasteiger partial charge in [0.05, 0.1) is 16.8 Å². The van der Waals surface area contributed by atoms with Gasteiger partial charge in [0.25, 0.3) is 0 Å². The molecule has 2 nitrogen and oxygen atoms in total. The van der Waals surface area contributed by atoms with Crippen molar-refractivity contribution in [2.45, 2.75) is 38.5 Å². The monoisotopic (exact) mass is 845 g/mol. The van der Waals surface area contributed by atoms with E-state index in [1.54, 1.807) is 0 Å². The summed E-state index contributed by atoms with van der Waals surface area (Å²) in [6.07, 6.45) is 0. The molecule has 11 aromatic rings. The molecule has 314 valence electrons. The molecule has 13 rings (SSSR count). The van der Waals surface area contributed by atoms with Crippen LogP contribution in [0.25, 0.3) is 88.3 Å². The number of fused-ring (bicyclic) bond motifs is 11. The third-order valence-corrected chi connectivity index (χ3v) is 14.9. The maximum absolute atomic E-state index is 6.82. The van der Waals surface area contributed by atoms with Gasteiger partial charge in [-0.1, -0.05) is 198 Å². The predicted molar refractivity (Wildman–Crippen MR) is 277 cm³/mol. The van der Waals surface area contributed by atoms with Crippen LogP contribution in [0.4, 0.5) is 17.1 Å². The summed E-state index contributed by atoms with van der Waals surface area (Å²) in [6, 6.07) is 78.2. The maximum Gasteiger partial charge on any atom is 0.143 e. The van der Waals surface area contributed by atoms with Crippen LogP contribution in [0, 0.1) is 0 Å². The zero-order valence-electron chi connectivity index (χ0n) is 37.6. The van der Waals surface area contributed by atoms with Gasteiger partial charge in [-0.15, -0.1) is 0 Å². The first-order chi connectivity index (χ1) is 32.3. The third-order valence-electron chi connectivity index (χ3n) is 14.9. The van der Waals surface area contributed by atoms with Crippen molar-refractivity contribution in [3.8, 4) is 55.6 Å². The number of furan rings is 1. The van der Waals surface area contributed by atoms with Gasteiger partial charge in [0.15, 0.2) is 0 Å². The average molecular weight is 846 g/mol. The van der Waals surface area contributed by atoms with Crippen molar-refractivity contribution in [1.82, 2.24) is 0 Å². The standard InChI is InChI=1S/C64H47NO/c1-63(2)54-26-12-9-22-48(54)50-37-34-42(39-56(50)63)45-19-11-14-28-57(45)65(58-29-16-30-59-60(58)53-38-33-40-17-5-6-20-46(40)62(53)66-59)43-35-31-41(32-36-43)44-18-7-8-21-47(44)51-24-15-25-52-49-23-10-13-27-55(49)64(3,4)61(51)52/h5-39H,1-4H3. The molecule has 2 aliphatic carbocycles. The van der Waals surface area contributed by atoms with E-state index in [4.69, 9.17) is 4.42 Å². The maximum atomic E-state index is 6.82. The Morgan fingerprint density at radius 1 is 0.364 bits per heavy atom. The van der Waals surface area contributed by atoms with Crippen molar-refractivity contribution < 1.29 is 4.42 Å². The summed E-state index contributed by atoms with van der Waals surface area (Å²) in [4.78, 5) is 2.45. The summed E-state index contributed by atoms with van der Waals surface area (Å²) in [7, 11) is 0. The molecule has 0 radical (unpaired) electrons. The van der Waals surface area contributed by atoms with Gasteiger partial charge in [0.2, 0.25) is 0 Å². The Morgan fingerprint density at radius 2 is 0.924 bits per heavy atom. The van der Waals surface area contributed by atoms with Gasteiger partial charge in [-0.25, -0.2) is 0 Å². The summed E-state index contributed by atoms with van der Waals surface area (Å²) in [5, 5.41) is 4.48. The summed E-state index contributed by atoms with van der Waals surface area (Å²) in [5.74, 6) is 0. The van der Waals surface area contributed by atoms with E-state index in [1.807, 2.05) is 0 Å². The third kappa shape index (κ3) is 5.55. The van der Waals surface area contributed by atoms with E-state index < -0.39 is 0 Å². The van der Waals surface area contributed by atoms with E-state index in [-0.39, 0.29) is 10.8 Å². The van der Waals surface area contributed by atoms with Crippen LogP contribution in [-0.4, -0.2) is 0 Å². The minimum absolute atomic E-state index is 0.119. The highest BCUT2D eigenvalue weighted by atomic mass is 16.3. The molecular formula is C64H47NO. The highest BCUT2D eigenvalue weighted by molar-refractivity contribution is 6.20. The number of benzene rings is 10. The molecule has 0 saturated heterocycles. The fourth-order valence-electron chi connectivity index (χ4n) is 11.7. The fraction of sp³-hybridized carbons (Fsp3) is 0.0938. The molecule has 0 N–H and O–H groups in total. The Balaban J connectivity index is 0.995. The van der Waals surface area contributed by atoms with Gasteiger partial charge < -0.3 is 9.32 Å². The number of para-hydroxylation sites is 1. The molecule has 0 atom stereocenters. The molecule has 2 aliphatic rings. The Hall–Kier alpha value is -7.94. The molecule has 2 heteroatoms. The summed E-state index contributed by atoms with van der Waals surface area (Å²) >= 11 is 0. The van der Waals surface area contributed by atoms with Crippen LogP contribution in [0.5, 0.6) is 0 Å². The Bertz CT molecular complexity index is 3770. The largest absolute Gasteiger partial charge is 0.455 e.